The third-order valence-electron chi connectivity index (χ3n) is 2.50. The Balaban J connectivity index is 0. The van der Waals surface area contributed by atoms with E-state index >= 15 is 0 Å². The van der Waals surface area contributed by atoms with Crippen molar-refractivity contribution < 1.29 is 9.79 Å². The lowest BCUT2D eigenvalue weighted by atomic mass is 10.4. The maximum absolute atomic E-state index is 7.68. The molecule has 2 rings (SSSR count). The Hall–Kier alpha value is 0.350. The van der Waals surface area contributed by atoms with Gasteiger partial charge in [0.15, 0.2) is 8.38 Å². The van der Waals surface area contributed by atoms with Gasteiger partial charge in [-0.1, -0.05) is 78.1 Å². The second-order valence-electron chi connectivity index (χ2n) is 4.02. The minimum absolute atomic E-state index is 1.34. The topological polar surface area (TPSA) is 40.5 Å². The fourth-order valence-electron chi connectivity index (χ4n) is 1.77. The van der Waals surface area contributed by atoms with Gasteiger partial charge in [-0.25, -0.2) is 0 Å². The Kier molecular flexibility index (Phi) is 20.7. The van der Waals surface area contributed by atoms with Crippen LogP contribution < -0.4 is 0 Å². The standard InChI is InChI=1S/2C5H10.C2H6.CH5O2P/c2*1-2-4-5-3-1;1-2;1-4(2)3/h2*1-5H2;1-2H3;2-3H,1H3. The lowest BCUT2D eigenvalue weighted by Crippen LogP contribution is -1.52. The molecule has 0 bridgehead atoms. The quantitative estimate of drug-likeness (QED) is 0.604. The van der Waals surface area contributed by atoms with Gasteiger partial charge in [-0.3, -0.25) is 0 Å². The van der Waals surface area contributed by atoms with Crippen molar-refractivity contribution in [3.8, 4) is 0 Å². The van der Waals surface area contributed by atoms with Crippen molar-refractivity contribution in [2.24, 2.45) is 0 Å². The lowest BCUT2D eigenvalue weighted by Gasteiger charge is -1.79. The van der Waals surface area contributed by atoms with Crippen LogP contribution in [0.15, 0.2) is 0 Å². The first-order chi connectivity index (χ1) is 7.73. The molecule has 0 aromatic heterocycles. The van der Waals surface area contributed by atoms with E-state index < -0.39 is 8.38 Å². The molecule has 0 atom stereocenters. The molecular formula is C13H31O2P. The van der Waals surface area contributed by atoms with Crippen molar-refractivity contribution in [1.82, 2.24) is 0 Å². The third kappa shape index (κ3) is 23.9. The van der Waals surface area contributed by atoms with Gasteiger partial charge >= 0.3 is 0 Å². The zero-order valence-corrected chi connectivity index (χ0v) is 12.3. The van der Waals surface area contributed by atoms with E-state index in [-0.39, 0.29) is 0 Å². The van der Waals surface area contributed by atoms with Gasteiger partial charge in [0, 0.05) is 6.66 Å². The predicted molar refractivity (Wildman–Crippen MR) is 74.8 cm³/mol. The van der Waals surface area contributed by atoms with E-state index in [1.807, 2.05) is 13.8 Å². The summed E-state index contributed by atoms with van der Waals surface area (Å²) in [4.78, 5) is 15.4. The van der Waals surface area contributed by atoms with Gasteiger partial charge in [-0.2, -0.15) is 0 Å². The molecule has 0 saturated heterocycles. The van der Waals surface area contributed by atoms with Gasteiger partial charge in [0.2, 0.25) is 0 Å². The van der Waals surface area contributed by atoms with Crippen LogP contribution in [0.1, 0.15) is 78.1 Å². The van der Waals surface area contributed by atoms with Gasteiger partial charge in [0.25, 0.3) is 0 Å². The average Bonchev–Trinajstić information content (AvgIpc) is 2.99. The molecule has 0 amide bonds. The van der Waals surface area contributed by atoms with Crippen LogP contribution in [0, 0.1) is 0 Å². The van der Waals surface area contributed by atoms with E-state index in [1.54, 1.807) is 0 Å². The summed E-state index contributed by atoms with van der Waals surface area (Å²) in [5.74, 6) is 0. The first-order valence-electron chi connectivity index (χ1n) is 6.85. The molecule has 0 unspecified atom stereocenters. The van der Waals surface area contributed by atoms with Crippen LogP contribution in [0.25, 0.3) is 0 Å². The summed E-state index contributed by atoms with van der Waals surface area (Å²) in [5, 5.41) is 0. The minimum Gasteiger partial charge on any atom is -0.350 e. The van der Waals surface area contributed by atoms with Crippen LogP contribution in [0.5, 0.6) is 0 Å². The Morgan fingerprint density at radius 2 is 0.625 bits per heavy atom. The zero-order valence-electron chi connectivity index (χ0n) is 11.4. The van der Waals surface area contributed by atoms with Gasteiger partial charge in [-0.05, 0) is 0 Å². The normalized spacial score (nSPS) is 17.6. The van der Waals surface area contributed by atoms with E-state index in [2.05, 4.69) is 0 Å². The van der Waals surface area contributed by atoms with Gasteiger partial charge in [-0.15, -0.1) is 0 Å². The fraction of sp³-hybridized carbons (Fsp3) is 1.00. The molecule has 0 aliphatic heterocycles. The van der Waals surface area contributed by atoms with Gasteiger partial charge < -0.3 is 9.79 Å². The van der Waals surface area contributed by atoms with Crippen molar-refractivity contribution in [3.63, 3.8) is 0 Å². The van der Waals surface area contributed by atoms with Crippen molar-refractivity contribution in [2.75, 3.05) is 6.66 Å². The van der Waals surface area contributed by atoms with Gasteiger partial charge in [0.1, 0.15) is 0 Å². The van der Waals surface area contributed by atoms with Crippen LogP contribution in [0.3, 0.4) is 0 Å². The maximum atomic E-state index is 7.68. The summed E-state index contributed by atoms with van der Waals surface area (Å²) >= 11 is 0. The van der Waals surface area contributed by atoms with Crippen molar-refractivity contribution >= 4 is 8.38 Å². The largest absolute Gasteiger partial charge is 0.350 e. The molecule has 2 nitrogen and oxygen atoms in total. The highest BCUT2D eigenvalue weighted by Crippen LogP contribution is 2.15. The fourth-order valence-corrected chi connectivity index (χ4v) is 1.77. The number of rotatable bonds is 0. The van der Waals surface area contributed by atoms with E-state index in [9.17, 15) is 0 Å². The molecule has 2 N–H and O–H groups in total. The maximum Gasteiger partial charge on any atom is 0.161 e. The van der Waals surface area contributed by atoms with E-state index in [0.29, 0.717) is 0 Å². The molecule has 2 saturated carbocycles. The van der Waals surface area contributed by atoms with E-state index in [4.69, 9.17) is 9.79 Å². The number of hydrogen-bond acceptors (Lipinski definition) is 2. The van der Waals surface area contributed by atoms with E-state index in [0.717, 1.165) is 0 Å². The van der Waals surface area contributed by atoms with E-state index in [1.165, 1.54) is 70.9 Å². The first-order valence-corrected chi connectivity index (χ1v) is 8.54. The summed E-state index contributed by atoms with van der Waals surface area (Å²) < 4.78 is 0. The van der Waals surface area contributed by atoms with Crippen LogP contribution >= 0.6 is 8.38 Å². The smallest absolute Gasteiger partial charge is 0.161 e. The molecule has 16 heavy (non-hydrogen) atoms. The van der Waals surface area contributed by atoms with Gasteiger partial charge in [0.05, 0.1) is 0 Å². The van der Waals surface area contributed by atoms with Crippen LogP contribution in [-0.4, -0.2) is 16.5 Å². The van der Waals surface area contributed by atoms with Crippen molar-refractivity contribution in [1.29, 1.82) is 0 Å². The molecule has 2 aliphatic rings. The van der Waals surface area contributed by atoms with Crippen LogP contribution in [-0.2, 0) is 0 Å². The molecule has 0 spiro atoms. The second-order valence-corrected chi connectivity index (χ2v) is 5.00. The lowest BCUT2D eigenvalue weighted by molar-refractivity contribution is 0.491. The molecule has 2 aliphatic carbocycles. The van der Waals surface area contributed by atoms with Crippen molar-refractivity contribution in [3.05, 3.63) is 0 Å². The molecule has 3 heteroatoms. The Morgan fingerprint density at radius 3 is 0.688 bits per heavy atom. The third-order valence-corrected chi connectivity index (χ3v) is 2.50. The monoisotopic (exact) mass is 250 g/mol. The second kappa shape index (κ2) is 17.7. The molecule has 2 fully saturated rings. The molecular weight excluding hydrogens is 219 g/mol. The predicted octanol–water partition coefficient (Wildman–Crippen LogP) is 4.84. The highest BCUT2D eigenvalue weighted by Gasteiger charge is 1.95. The highest BCUT2D eigenvalue weighted by atomic mass is 31.2. The molecule has 0 aromatic rings. The van der Waals surface area contributed by atoms with Crippen molar-refractivity contribution in [2.45, 2.75) is 78.1 Å². The van der Waals surface area contributed by atoms with Crippen LogP contribution in [0.4, 0.5) is 0 Å². The first kappa shape index (κ1) is 18.7. The minimum atomic E-state index is -1.62. The zero-order chi connectivity index (χ0) is 12.6. The SMILES string of the molecule is C1CCCC1.C1CCCC1.CC.CP(O)O. The average molecular weight is 250 g/mol. The summed E-state index contributed by atoms with van der Waals surface area (Å²) in [5.41, 5.74) is 0. The Bertz CT molecular complexity index is 72.1. The summed E-state index contributed by atoms with van der Waals surface area (Å²) in [7, 11) is -1.62. The molecule has 100 valence electrons. The summed E-state index contributed by atoms with van der Waals surface area (Å²) in [6, 6.07) is 0. The summed E-state index contributed by atoms with van der Waals surface area (Å²) in [6.07, 6.45) is 15.0. The molecule has 0 radical (unpaired) electrons. The Morgan fingerprint density at radius 1 is 0.562 bits per heavy atom. The summed E-state index contributed by atoms with van der Waals surface area (Å²) in [6.45, 7) is 5.34. The van der Waals surface area contributed by atoms with Crippen LogP contribution in [0.2, 0.25) is 0 Å². The Labute approximate surface area is 103 Å². The molecule has 0 aromatic carbocycles. The highest BCUT2D eigenvalue weighted by molar-refractivity contribution is 7.44. The molecule has 0 heterocycles. The number of hydrogen-bond donors (Lipinski definition) is 2.